The lowest BCUT2D eigenvalue weighted by molar-refractivity contribution is 1.10. The second kappa shape index (κ2) is 5.40. The first kappa shape index (κ1) is 13.5. The van der Waals surface area contributed by atoms with Crippen molar-refractivity contribution in [3.63, 3.8) is 0 Å². The molecule has 0 radical (unpaired) electrons. The van der Waals surface area contributed by atoms with Gasteiger partial charge in [0.25, 0.3) is 0 Å². The number of hydrogen-bond acceptors (Lipinski definition) is 3. The van der Waals surface area contributed by atoms with Gasteiger partial charge in [-0.25, -0.2) is 4.98 Å². The van der Waals surface area contributed by atoms with Crippen LogP contribution in [0.4, 0.5) is 11.5 Å². The molecule has 0 fully saturated rings. The average molecular weight is 319 g/mol. The smallest absolute Gasteiger partial charge is 0.147 e. The van der Waals surface area contributed by atoms with E-state index in [1.54, 1.807) is 6.20 Å². The summed E-state index contributed by atoms with van der Waals surface area (Å²) in [6, 6.07) is 9.47. The SMILES string of the molecule is Cc1ccnc(N(C)c2ccc(C(=N)N)cc2)c1Br. The number of nitrogens with zero attached hydrogens (tertiary/aromatic N) is 2. The van der Waals surface area contributed by atoms with Crippen LogP contribution in [0.5, 0.6) is 0 Å². The number of rotatable bonds is 3. The van der Waals surface area contributed by atoms with E-state index in [1.165, 1.54) is 0 Å². The third-order valence-corrected chi connectivity index (χ3v) is 3.93. The highest BCUT2D eigenvalue weighted by Gasteiger charge is 2.11. The minimum Gasteiger partial charge on any atom is -0.384 e. The molecule has 0 bridgehead atoms. The van der Waals surface area contributed by atoms with Crippen molar-refractivity contribution in [2.75, 3.05) is 11.9 Å². The fourth-order valence-electron chi connectivity index (χ4n) is 1.75. The maximum absolute atomic E-state index is 7.38. The maximum atomic E-state index is 7.38. The Morgan fingerprint density at radius 3 is 2.47 bits per heavy atom. The average Bonchev–Trinajstić information content (AvgIpc) is 2.41. The van der Waals surface area contributed by atoms with Gasteiger partial charge in [-0.3, -0.25) is 5.41 Å². The third kappa shape index (κ3) is 2.76. The quantitative estimate of drug-likeness (QED) is 0.674. The van der Waals surface area contributed by atoms with Gasteiger partial charge in [0, 0.05) is 24.5 Å². The predicted octanol–water partition coefficient (Wildman–Crippen LogP) is 3.20. The zero-order valence-electron chi connectivity index (χ0n) is 10.8. The second-order valence-corrected chi connectivity index (χ2v) is 5.08. The number of nitrogens with two attached hydrogens (primary N) is 1. The van der Waals surface area contributed by atoms with Crippen molar-refractivity contribution in [1.29, 1.82) is 5.41 Å². The van der Waals surface area contributed by atoms with Gasteiger partial charge in [-0.05, 0) is 58.7 Å². The van der Waals surface area contributed by atoms with Crippen LogP contribution < -0.4 is 10.6 Å². The Bertz CT molecular complexity index is 607. The number of nitrogens with one attached hydrogen (secondary N) is 1. The molecular weight excluding hydrogens is 304 g/mol. The van der Waals surface area contributed by atoms with Crippen molar-refractivity contribution in [2.24, 2.45) is 5.73 Å². The number of amidine groups is 1. The van der Waals surface area contributed by atoms with Gasteiger partial charge < -0.3 is 10.6 Å². The molecule has 1 aromatic heterocycles. The summed E-state index contributed by atoms with van der Waals surface area (Å²) in [5.41, 5.74) is 8.29. The molecule has 2 aromatic rings. The second-order valence-electron chi connectivity index (χ2n) is 4.29. The fraction of sp³-hybridized carbons (Fsp3) is 0.143. The molecule has 0 aliphatic heterocycles. The fourth-order valence-corrected chi connectivity index (χ4v) is 2.25. The number of aromatic nitrogens is 1. The van der Waals surface area contributed by atoms with E-state index >= 15 is 0 Å². The highest BCUT2D eigenvalue weighted by molar-refractivity contribution is 9.10. The number of aryl methyl sites for hydroxylation is 1. The Morgan fingerprint density at radius 2 is 1.89 bits per heavy atom. The monoisotopic (exact) mass is 318 g/mol. The molecule has 3 N–H and O–H groups in total. The molecule has 0 spiro atoms. The predicted molar refractivity (Wildman–Crippen MR) is 82.2 cm³/mol. The summed E-state index contributed by atoms with van der Waals surface area (Å²) >= 11 is 3.56. The minimum atomic E-state index is 0.0732. The molecular formula is C14H15BrN4. The lowest BCUT2D eigenvalue weighted by Gasteiger charge is -2.20. The van der Waals surface area contributed by atoms with Gasteiger partial charge in [-0.15, -0.1) is 0 Å². The minimum absolute atomic E-state index is 0.0732. The van der Waals surface area contributed by atoms with Crippen molar-refractivity contribution in [3.8, 4) is 0 Å². The van der Waals surface area contributed by atoms with Gasteiger partial charge in [0.1, 0.15) is 11.7 Å². The molecule has 0 amide bonds. The number of anilines is 2. The molecule has 0 saturated carbocycles. The molecule has 4 nitrogen and oxygen atoms in total. The molecule has 0 atom stereocenters. The van der Waals surface area contributed by atoms with Crippen molar-refractivity contribution in [3.05, 3.63) is 52.1 Å². The van der Waals surface area contributed by atoms with E-state index < -0.39 is 0 Å². The molecule has 0 saturated heterocycles. The van der Waals surface area contributed by atoms with E-state index in [0.29, 0.717) is 5.56 Å². The largest absolute Gasteiger partial charge is 0.384 e. The summed E-state index contributed by atoms with van der Waals surface area (Å²) in [6.45, 7) is 2.03. The van der Waals surface area contributed by atoms with E-state index in [4.69, 9.17) is 11.1 Å². The van der Waals surface area contributed by atoms with E-state index in [-0.39, 0.29) is 5.84 Å². The van der Waals surface area contributed by atoms with Crippen molar-refractivity contribution < 1.29 is 0 Å². The van der Waals surface area contributed by atoms with Gasteiger partial charge in [0.2, 0.25) is 0 Å². The lowest BCUT2D eigenvalue weighted by Crippen LogP contribution is -2.14. The zero-order valence-corrected chi connectivity index (χ0v) is 12.4. The Balaban J connectivity index is 2.36. The van der Waals surface area contributed by atoms with Crippen LogP contribution in [0.1, 0.15) is 11.1 Å². The van der Waals surface area contributed by atoms with Crippen LogP contribution in [0, 0.1) is 12.3 Å². The Hall–Kier alpha value is -1.88. The molecule has 98 valence electrons. The van der Waals surface area contributed by atoms with Crippen LogP contribution in [0.15, 0.2) is 41.0 Å². The zero-order chi connectivity index (χ0) is 14.0. The molecule has 0 aliphatic rings. The Labute approximate surface area is 120 Å². The third-order valence-electron chi connectivity index (χ3n) is 2.95. The molecule has 2 rings (SSSR count). The van der Waals surface area contributed by atoms with Crippen LogP contribution in [0.2, 0.25) is 0 Å². The summed E-state index contributed by atoms with van der Waals surface area (Å²) in [5.74, 6) is 0.930. The first-order valence-corrected chi connectivity index (χ1v) is 6.59. The highest BCUT2D eigenvalue weighted by Crippen LogP contribution is 2.30. The molecule has 1 heterocycles. The van der Waals surface area contributed by atoms with E-state index in [0.717, 1.165) is 21.5 Å². The van der Waals surface area contributed by atoms with Gasteiger partial charge in [-0.2, -0.15) is 0 Å². The van der Waals surface area contributed by atoms with Gasteiger partial charge in [-0.1, -0.05) is 0 Å². The summed E-state index contributed by atoms with van der Waals surface area (Å²) in [4.78, 5) is 6.37. The van der Waals surface area contributed by atoms with Crippen LogP contribution in [-0.2, 0) is 0 Å². The van der Waals surface area contributed by atoms with Crippen molar-refractivity contribution in [2.45, 2.75) is 6.92 Å². The van der Waals surface area contributed by atoms with Crippen LogP contribution in [0.3, 0.4) is 0 Å². The maximum Gasteiger partial charge on any atom is 0.147 e. The summed E-state index contributed by atoms with van der Waals surface area (Å²) in [7, 11) is 1.95. The van der Waals surface area contributed by atoms with Crippen molar-refractivity contribution in [1.82, 2.24) is 4.98 Å². The van der Waals surface area contributed by atoms with Crippen LogP contribution in [0.25, 0.3) is 0 Å². The Morgan fingerprint density at radius 1 is 1.26 bits per heavy atom. The Kier molecular flexibility index (Phi) is 3.85. The van der Waals surface area contributed by atoms with Crippen LogP contribution >= 0.6 is 15.9 Å². The molecule has 19 heavy (non-hydrogen) atoms. The van der Waals surface area contributed by atoms with Crippen molar-refractivity contribution >= 4 is 33.3 Å². The van der Waals surface area contributed by atoms with E-state index in [2.05, 4.69) is 20.9 Å². The number of nitrogen functional groups attached to an aromatic ring is 1. The normalized spacial score (nSPS) is 10.3. The van der Waals surface area contributed by atoms with Gasteiger partial charge in [0.05, 0.1) is 4.47 Å². The summed E-state index contributed by atoms with van der Waals surface area (Å²) in [5, 5.41) is 7.38. The first-order chi connectivity index (χ1) is 9.00. The summed E-state index contributed by atoms with van der Waals surface area (Å²) < 4.78 is 0.980. The highest BCUT2D eigenvalue weighted by atomic mass is 79.9. The number of benzene rings is 1. The molecule has 1 aromatic carbocycles. The van der Waals surface area contributed by atoms with Gasteiger partial charge >= 0.3 is 0 Å². The van der Waals surface area contributed by atoms with Gasteiger partial charge in [0.15, 0.2) is 0 Å². The molecule has 0 unspecified atom stereocenters. The lowest BCUT2D eigenvalue weighted by atomic mass is 10.2. The summed E-state index contributed by atoms with van der Waals surface area (Å²) in [6.07, 6.45) is 1.79. The standard InChI is InChI=1S/C14H15BrN4/c1-9-7-8-18-14(12(9)15)19(2)11-5-3-10(4-6-11)13(16)17/h3-8H,1-2H3,(H3,16,17). The number of pyridine rings is 1. The van der Waals surface area contributed by atoms with E-state index in [1.807, 2.05) is 49.2 Å². The first-order valence-electron chi connectivity index (χ1n) is 5.80. The number of hydrogen-bond donors (Lipinski definition) is 2. The molecule has 5 heteroatoms. The topological polar surface area (TPSA) is 66.0 Å². The van der Waals surface area contributed by atoms with Crippen LogP contribution in [-0.4, -0.2) is 17.9 Å². The number of halogens is 1. The van der Waals surface area contributed by atoms with E-state index in [9.17, 15) is 0 Å². The molecule has 0 aliphatic carbocycles.